The summed E-state index contributed by atoms with van der Waals surface area (Å²) in [6, 6.07) is 22.7. The van der Waals surface area contributed by atoms with Crippen LogP contribution >= 0.6 is 24.0 Å². The fourth-order valence-corrected chi connectivity index (χ4v) is 5.61. The smallest absolute Gasteiger partial charge is 0.269 e. The molecule has 0 amide bonds. The first-order chi connectivity index (χ1) is 16.9. The molecule has 0 unspecified atom stereocenters. The van der Waals surface area contributed by atoms with Gasteiger partial charge in [-0.05, 0) is 86.2 Å². The van der Waals surface area contributed by atoms with Gasteiger partial charge >= 0.3 is 0 Å². The maximum absolute atomic E-state index is 10.9. The molecular formula is C26H23N5O2S2. The number of nitro groups is 1. The monoisotopic (exact) mass is 501 g/mol. The van der Waals surface area contributed by atoms with Gasteiger partial charge in [0, 0.05) is 45.2 Å². The molecule has 176 valence electrons. The predicted molar refractivity (Wildman–Crippen MR) is 142 cm³/mol. The van der Waals surface area contributed by atoms with Crippen molar-refractivity contribution < 1.29 is 4.92 Å². The van der Waals surface area contributed by atoms with Crippen LogP contribution in [0.3, 0.4) is 0 Å². The number of nitro benzene ring substituents is 1. The molecule has 9 heteroatoms. The lowest BCUT2D eigenvalue weighted by atomic mass is 9.96. The zero-order valence-electron chi connectivity index (χ0n) is 19.1. The molecule has 1 aliphatic rings. The lowest BCUT2D eigenvalue weighted by Crippen LogP contribution is -2.29. The van der Waals surface area contributed by atoms with Gasteiger partial charge in [0.1, 0.15) is 0 Å². The molecule has 0 aliphatic carbocycles. The van der Waals surface area contributed by atoms with Crippen LogP contribution in [0.2, 0.25) is 0 Å². The summed E-state index contributed by atoms with van der Waals surface area (Å²) in [6.07, 6.45) is 1.80. The number of nitrogens with zero attached hydrogens (tertiary/aromatic N) is 3. The van der Waals surface area contributed by atoms with Crippen LogP contribution < -0.4 is 10.2 Å². The predicted octanol–water partition coefficient (Wildman–Crippen LogP) is 6.26. The maximum Gasteiger partial charge on any atom is 0.269 e. The summed E-state index contributed by atoms with van der Waals surface area (Å²) in [5, 5.41) is 15.0. The van der Waals surface area contributed by atoms with Gasteiger partial charge < -0.3 is 15.2 Å². The van der Waals surface area contributed by atoms with Gasteiger partial charge in [-0.3, -0.25) is 15.1 Å². The molecule has 5 rings (SSSR count). The highest BCUT2D eigenvalue weighted by molar-refractivity contribution is 7.99. The highest BCUT2D eigenvalue weighted by Crippen LogP contribution is 2.43. The third kappa shape index (κ3) is 4.65. The summed E-state index contributed by atoms with van der Waals surface area (Å²) in [4.78, 5) is 22.7. The standard InChI is InChI=1S/C26H23N5O2S2/c1-16-15-22(17(2)28-16)25-24(23-5-3-4-14-27-23)29-26(34)30(25)18-6-10-20(11-7-18)35-21-12-8-19(9-13-21)31(32)33/h3-15,24-25,28H,1-2H3,(H,29,34)/t24-,25-/m0/s1. The number of rotatable bonds is 6. The van der Waals surface area contributed by atoms with Gasteiger partial charge in [-0.2, -0.15) is 0 Å². The van der Waals surface area contributed by atoms with E-state index >= 15 is 0 Å². The van der Waals surface area contributed by atoms with Crippen LogP contribution in [0.15, 0.2) is 88.8 Å². The molecule has 2 N–H and O–H groups in total. The molecule has 0 spiro atoms. The molecule has 1 aliphatic heterocycles. The van der Waals surface area contributed by atoms with E-state index in [0.717, 1.165) is 32.6 Å². The molecule has 4 aromatic rings. The van der Waals surface area contributed by atoms with Crippen LogP contribution in [0.1, 0.15) is 34.7 Å². The van der Waals surface area contributed by atoms with E-state index in [1.807, 2.05) is 30.3 Å². The van der Waals surface area contributed by atoms with Gasteiger partial charge in [-0.15, -0.1) is 0 Å². The molecule has 0 bridgehead atoms. The minimum absolute atomic E-state index is 0.0597. The Morgan fingerprint density at radius 2 is 1.71 bits per heavy atom. The molecule has 1 saturated heterocycles. The van der Waals surface area contributed by atoms with Gasteiger partial charge in [-0.1, -0.05) is 17.8 Å². The number of aromatic nitrogens is 2. The van der Waals surface area contributed by atoms with Crippen LogP contribution in [0, 0.1) is 24.0 Å². The topological polar surface area (TPSA) is 87.1 Å². The fraction of sp³-hybridized carbons (Fsp3) is 0.154. The van der Waals surface area contributed by atoms with Gasteiger partial charge in [0.15, 0.2) is 5.11 Å². The second kappa shape index (κ2) is 9.52. The normalized spacial score (nSPS) is 17.4. The number of aryl methyl sites for hydroxylation is 2. The average Bonchev–Trinajstić information content (AvgIpc) is 3.38. The number of benzene rings is 2. The summed E-state index contributed by atoms with van der Waals surface area (Å²) in [6.45, 7) is 4.14. The Labute approximate surface area is 212 Å². The Morgan fingerprint density at radius 1 is 1.03 bits per heavy atom. The number of aromatic amines is 1. The number of nitrogens with one attached hydrogen (secondary N) is 2. The van der Waals surface area contributed by atoms with Crippen molar-refractivity contribution in [2.75, 3.05) is 4.90 Å². The SMILES string of the molecule is Cc1cc([C@H]2[C@H](c3ccccn3)NC(=S)N2c2ccc(Sc3ccc([N+](=O)[O-])cc3)cc2)c(C)[nH]1. The van der Waals surface area contributed by atoms with Crippen LogP contribution in [-0.4, -0.2) is 20.0 Å². The summed E-state index contributed by atoms with van der Waals surface area (Å²) >= 11 is 7.37. The number of hydrogen-bond acceptors (Lipinski definition) is 5. The fourth-order valence-electron chi connectivity index (χ4n) is 4.45. The molecule has 1 fully saturated rings. The zero-order valence-corrected chi connectivity index (χ0v) is 20.8. The number of H-pyrrole nitrogens is 1. The minimum atomic E-state index is -0.390. The molecule has 0 radical (unpaired) electrons. The molecule has 3 heterocycles. The second-order valence-corrected chi connectivity index (χ2v) is 9.91. The average molecular weight is 502 g/mol. The van der Waals surface area contributed by atoms with Crippen molar-refractivity contribution in [3.63, 3.8) is 0 Å². The number of non-ortho nitro benzene ring substituents is 1. The van der Waals surface area contributed by atoms with E-state index in [0.29, 0.717) is 5.11 Å². The van der Waals surface area contributed by atoms with Gasteiger partial charge in [0.2, 0.25) is 0 Å². The van der Waals surface area contributed by atoms with E-state index in [9.17, 15) is 10.1 Å². The largest absolute Gasteiger partial charge is 0.362 e. The van der Waals surface area contributed by atoms with Crippen molar-refractivity contribution in [2.45, 2.75) is 35.7 Å². The first kappa shape index (κ1) is 23.1. The molecule has 0 saturated carbocycles. The van der Waals surface area contributed by atoms with Gasteiger partial charge in [-0.25, -0.2) is 0 Å². The third-order valence-electron chi connectivity index (χ3n) is 6.00. The Morgan fingerprint density at radius 3 is 2.29 bits per heavy atom. The Balaban J connectivity index is 1.45. The van der Waals surface area contributed by atoms with Crippen LogP contribution in [-0.2, 0) is 0 Å². The maximum atomic E-state index is 10.9. The summed E-state index contributed by atoms with van der Waals surface area (Å²) in [7, 11) is 0. The summed E-state index contributed by atoms with van der Waals surface area (Å²) in [5.41, 5.74) is 5.39. The van der Waals surface area contributed by atoms with E-state index < -0.39 is 4.92 Å². The van der Waals surface area contributed by atoms with Crippen molar-refractivity contribution in [1.82, 2.24) is 15.3 Å². The summed E-state index contributed by atoms with van der Waals surface area (Å²) < 4.78 is 0. The van der Waals surface area contributed by atoms with E-state index in [2.05, 4.69) is 52.2 Å². The van der Waals surface area contributed by atoms with Crippen LogP contribution in [0.5, 0.6) is 0 Å². The first-order valence-electron chi connectivity index (χ1n) is 11.1. The number of hydrogen-bond donors (Lipinski definition) is 2. The van der Waals surface area contributed by atoms with Crippen molar-refractivity contribution >= 4 is 40.5 Å². The zero-order chi connectivity index (χ0) is 24.5. The van der Waals surface area contributed by atoms with Crippen molar-refractivity contribution in [3.8, 4) is 0 Å². The van der Waals surface area contributed by atoms with Crippen molar-refractivity contribution in [1.29, 1.82) is 0 Å². The Bertz CT molecular complexity index is 1370. The third-order valence-corrected chi connectivity index (χ3v) is 7.33. The van der Waals surface area contributed by atoms with E-state index in [1.165, 1.54) is 17.7 Å². The van der Waals surface area contributed by atoms with E-state index in [-0.39, 0.29) is 17.8 Å². The van der Waals surface area contributed by atoms with E-state index in [4.69, 9.17) is 12.2 Å². The highest BCUT2D eigenvalue weighted by atomic mass is 32.2. The molecule has 35 heavy (non-hydrogen) atoms. The quantitative estimate of drug-likeness (QED) is 0.183. The van der Waals surface area contributed by atoms with Crippen molar-refractivity contribution in [2.24, 2.45) is 0 Å². The molecule has 2 aromatic carbocycles. The number of anilines is 1. The highest BCUT2D eigenvalue weighted by Gasteiger charge is 2.41. The molecule has 2 aromatic heterocycles. The first-order valence-corrected chi connectivity index (χ1v) is 12.3. The molecular weight excluding hydrogens is 478 g/mol. The van der Waals surface area contributed by atoms with Crippen LogP contribution in [0.4, 0.5) is 11.4 Å². The van der Waals surface area contributed by atoms with Gasteiger partial charge in [0.25, 0.3) is 5.69 Å². The minimum Gasteiger partial charge on any atom is -0.362 e. The summed E-state index contributed by atoms with van der Waals surface area (Å²) in [5.74, 6) is 0. The number of thiocarbonyl (C=S) groups is 1. The van der Waals surface area contributed by atoms with Crippen LogP contribution in [0.25, 0.3) is 0 Å². The van der Waals surface area contributed by atoms with E-state index in [1.54, 1.807) is 30.1 Å². The van der Waals surface area contributed by atoms with Crippen molar-refractivity contribution in [3.05, 3.63) is 112 Å². The second-order valence-electron chi connectivity index (χ2n) is 8.38. The lowest BCUT2D eigenvalue weighted by Gasteiger charge is -2.28. The number of pyridine rings is 1. The molecule has 2 atom stereocenters. The lowest BCUT2D eigenvalue weighted by molar-refractivity contribution is -0.384. The Kier molecular flexibility index (Phi) is 6.27. The Hall–Kier alpha value is -3.69. The van der Waals surface area contributed by atoms with Gasteiger partial charge in [0.05, 0.1) is 22.7 Å². The molecule has 7 nitrogen and oxygen atoms in total.